The van der Waals surface area contributed by atoms with Crippen LogP contribution in [0, 0.1) is 0 Å². The van der Waals surface area contributed by atoms with E-state index in [9.17, 15) is 19.5 Å². The highest BCUT2D eigenvalue weighted by Gasteiger charge is 2.18. The smallest absolute Gasteiger partial charge is 0.330 e. The summed E-state index contributed by atoms with van der Waals surface area (Å²) < 4.78 is 4.60. The Morgan fingerprint density at radius 3 is 1.48 bits per heavy atom. The van der Waals surface area contributed by atoms with Gasteiger partial charge >= 0.3 is 11.9 Å². The second-order valence-corrected chi connectivity index (χ2v) is 6.84. The molecule has 0 fully saturated rings. The Hall–Kier alpha value is -1.59. The van der Waals surface area contributed by atoms with Crippen LogP contribution in [0.25, 0.3) is 0 Å². The summed E-state index contributed by atoms with van der Waals surface area (Å²) in [5.74, 6) is -2.75. The molecule has 10 nitrogen and oxygen atoms in total. The summed E-state index contributed by atoms with van der Waals surface area (Å²) in [4.78, 5) is 33.2. The number of nitrogens with two attached hydrogens (primary N) is 1. The lowest BCUT2D eigenvalue weighted by molar-refractivity contribution is -0.305. The van der Waals surface area contributed by atoms with Gasteiger partial charge in [0.25, 0.3) is 0 Å². The van der Waals surface area contributed by atoms with Crippen LogP contribution in [0.4, 0.5) is 0 Å². The third kappa shape index (κ3) is 48.9. The van der Waals surface area contributed by atoms with Gasteiger partial charge in [0, 0.05) is 32.2 Å². The molecule has 10 heteroatoms. The molecule has 0 spiro atoms. The van der Waals surface area contributed by atoms with Gasteiger partial charge < -0.3 is 41.8 Å². The van der Waals surface area contributed by atoms with Crippen LogP contribution < -0.4 is 17.0 Å². The van der Waals surface area contributed by atoms with Crippen LogP contribution in [0.15, 0.2) is 0 Å². The number of carboxylic acids is 1. The minimum Gasteiger partial charge on any atom is -0.550 e. The molecule has 0 radical (unpaired) electrons. The molecule has 0 aromatic carbocycles. The van der Waals surface area contributed by atoms with Gasteiger partial charge in [-0.2, -0.15) is 0 Å². The minimum atomic E-state index is -1.28. The summed E-state index contributed by atoms with van der Waals surface area (Å²) >= 11 is 0. The summed E-state index contributed by atoms with van der Waals surface area (Å²) in [5.41, 5.74) is 5.44. The molecule has 33 heavy (non-hydrogen) atoms. The highest BCUT2D eigenvalue weighted by atomic mass is 16.6. The Kier molecular flexibility index (Phi) is 47.6. The van der Waals surface area contributed by atoms with Crippen molar-refractivity contribution in [1.82, 2.24) is 6.15 Å². The molecule has 0 aliphatic rings. The van der Waals surface area contributed by atoms with E-state index in [1.54, 1.807) is 20.8 Å². The van der Waals surface area contributed by atoms with Crippen LogP contribution in [-0.2, 0) is 19.1 Å². The fourth-order valence-corrected chi connectivity index (χ4v) is 2.21. The molecule has 0 bridgehead atoms. The average Bonchev–Trinajstić information content (AvgIpc) is 2.72. The van der Waals surface area contributed by atoms with Gasteiger partial charge in [-0.25, -0.2) is 4.79 Å². The van der Waals surface area contributed by atoms with E-state index in [-0.39, 0.29) is 45.2 Å². The molecule has 0 rings (SSSR count). The van der Waals surface area contributed by atoms with Gasteiger partial charge in [0.2, 0.25) is 0 Å². The fraction of sp³-hybridized carbons (Fsp3) is 0.870. The van der Waals surface area contributed by atoms with Crippen molar-refractivity contribution in [3.05, 3.63) is 0 Å². The summed E-state index contributed by atoms with van der Waals surface area (Å²) in [7, 11) is 0. The number of ether oxygens (including phenoxy) is 1. The zero-order chi connectivity index (χ0) is 25.6. The average molecular weight is 485 g/mol. The maximum absolute atomic E-state index is 11.5. The van der Waals surface area contributed by atoms with Gasteiger partial charge in [-0.05, 0) is 40.0 Å². The number of carbonyl (C=O) groups is 3. The Morgan fingerprint density at radius 1 is 0.758 bits per heavy atom. The van der Waals surface area contributed by atoms with E-state index in [1.165, 1.54) is 38.5 Å². The minimum absolute atomic E-state index is 0. The van der Waals surface area contributed by atoms with Crippen LogP contribution in [-0.4, -0.2) is 59.1 Å². The van der Waals surface area contributed by atoms with Crippen molar-refractivity contribution >= 4 is 17.9 Å². The maximum atomic E-state index is 11.5. The molecule has 9 N–H and O–H groups in total. The van der Waals surface area contributed by atoms with Gasteiger partial charge in [-0.1, -0.05) is 58.3 Å². The summed E-state index contributed by atoms with van der Waals surface area (Å²) in [6, 6.07) is -1.10. The van der Waals surface area contributed by atoms with Crippen LogP contribution in [0.5, 0.6) is 0 Å². The van der Waals surface area contributed by atoms with Gasteiger partial charge in [0.15, 0.2) is 0 Å². The van der Waals surface area contributed by atoms with Crippen LogP contribution >= 0.6 is 0 Å². The first-order chi connectivity index (χ1) is 15.2. The highest BCUT2D eigenvalue weighted by Crippen LogP contribution is 2.11. The second-order valence-electron chi connectivity index (χ2n) is 6.84. The summed E-state index contributed by atoms with van der Waals surface area (Å²) in [6.45, 7) is 7.99. The molecule has 0 saturated heterocycles. The molecule has 0 aromatic rings. The van der Waals surface area contributed by atoms with Gasteiger partial charge in [0.05, 0.1) is 0 Å². The Labute approximate surface area is 200 Å². The van der Waals surface area contributed by atoms with Crippen molar-refractivity contribution in [3.63, 3.8) is 0 Å². The summed E-state index contributed by atoms with van der Waals surface area (Å²) in [6.07, 6.45) is 9.99. The first-order valence-electron chi connectivity index (χ1n) is 11.7. The molecule has 0 unspecified atom stereocenters. The zero-order valence-corrected chi connectivity index (χ0v) is 21.6. The quantitative estimate of drug-likeness (QED) is 0.139. The lowest BCUT2D eigenvalue weighted by atomic mass is 10.1. The number of hydrogen-bond acceptors (Lipinski definition) is 9. The number of aliphatic hydroxyl groups is 3. The van der Waals surface area contributed by atoms with Crippen molar-refractivity contribution in [1.29, 1.82) is 0 Å². The molecular weight excluding hydrogens is 432 g/mol. The lowest BCUT2D eigenvalue weighted by Crippen LogP contribution is -2.35. The Balaban J connectivity index is -0.000000224. The number of esters is 2. The van der Waals surface area contributed by atoms with Crippen LogP contribution in [0.2, 0.25) is 0 Å². The first kappa shape index (κ1) is 41.6. The number of rotatable bonds is 14. The van der Waals surface area contributed by atoms with Crippen molar-refractivity contribution < 1.29 is 39.5 Å². The number of carboxylic acid groups (broad SMARTS) is 1. The highest BCUT2D eigenvalue weighted by molar-refractivity contribution is 5.88. The molecular formula is C23H52N2O8. The second kappa shape index (κ2) is 37.7. The third-order valence-electron chi connectivity index (χ3n) is 3.66. The molecule has 0 saturated carbocycles. The Bertz CT molecular complexity index is 405. The van der Waals surface area contributed by atoms with E-state index in [2.05, 4.69) is 11.7 Å². The standard InChI is InChI=1S/C17H31NO5.3C2H6O.H3N/c1-2-3-4-5-6-7-8-9-10-11-16(21)23-17(22)14(18)12-13-15(19)20;3*1-2-3;/h14H,2-13,18H2,1H3,(H,19,20);3*3H,2H2,1H3;1H3/t14-;;;;/m0..../s1. The van der Waals surface area contributed by atoms with Crippen LogP contribution in [0.3, 0.4) is 0 Å². The molecule has 202 valence electrons. The SMILES string of the molecule is CCCCCCCCCCCC(=O)OC(=O)[C@@H](N)CCC(=O)[O-].CCO.CCO.CCO.[NH4+]. The molecule has 0 amide bonds. The maximum Gasteiger partial charge on any atom is 0.330 e. The van der Waals surface area contributed by atoms with Gasteiger partial charge in [-0.3, -0.25) is 4.79 Å². The zero-order valence-electron chi connectivity index (χ0n) is 21.6. The normalized spacial score (nSPS) is 9.94. The van der Waals surface area contributed by atoms with E-state index in [0.29, 0.717) is 6.42 Å². The largest absolute Gasteiger partial charge is 0.550 e. The van der Waals surface area contributed by atoms with Crippen molar-refractivity contribution in [2.45, 2.75) is 111 Å². The van der Waals surface area contributed by atoms with E-state index in [1.807, 2.05) is 0 Å². The third-order valence-corrected chi connectivity index (χ3v) is 3.66. The molecule has 0 heterocycles. The van der Waals surface area contributed by atoms with E-state index < -0.39 is 23.9 Å². The fourth-order valence-electron chi connectivity index (χ4n) is 2.21. The first-order valence-corrected chi connectivity index (χ1v) is 11.7. The van der Waals surface area contributed by atoms with Gasteiger partial charge in [-0.15, -0.1) is 0 Å². The predicted octanol–water partition coefficient (Wildman–Crippen LogP) is 2.21. The number of unbranched alkanes of at least 4 members (excludes halogenated alkanes) is 8. The van der Waals surface area contributed by atoms with Crippen LogP contribution in [0.1, 0.15) is 105 Å². The van der Waals surface area contributed by atoms with E-state index in [4.69, 9.17) is 21.1 Å². The van der Waals surface area contributed by atoms with Crippen molar-refractivity contribution in [3.8, 4) is 0 Å². The predicted molar refractivity (Wildman–Crippen MR) is 129 cm³/mol. The van der Waals surface area contributed by atoms with E-state index in [0.717, 1.165) is 12.8 Å². The van der Waals surface area contributed by atoms with Crippen molar-refractivity contribution in [2.75, 3.05) is 19.8 Å². The monoisotopic (exact) mass is 484 g/mol. The Morgan fingerprint density at radius 2 is 1.12 bits per heavy atom. The van der Waals surface area contributed by atoms with Gasteiger partial charge in [0.1, 0.15) is 6.04 Å². The number of hydrogen-bond donors (Lipinski definition) is 5. The summed E-state index contributed by atoms with van der Waals surface area (Å²) in [5, 5.41) is 33.0. The molecule has 0 aliphatic carbocycles. The molecule has 0 aromatic heterocycles. The lowest BCUT2D eigenvalue weighted by Gasteiger charge is -2.10. The number of aliphatic hydroxyl groups excluding tert-OH is 3. The topological polar surface area (TPSA) is 207 Å². The number of carbonyl (C=O) groups excluding carboxylic acids is 3. The number of aliphatic carboxylic acids is 1. The van der Waals surface area contributed by atoms with Crippen molar-refractivity contribution in [2.24, 2.45) is 5.73 Å². The number of quaternary nitrogens is 1. The van der Waals surface area contributed by atoms with E-state index >= 15 is 0 Å². The molecule has 0 aliphatic heterocycles. The molecule has 1 atom stereocenters.